The van der Waals surface area contributed by atoms with Gasteiger partial charge in [-0.3, -0.25) is 0 Å². The van der Waals surface area contributed by atoms with Crippen LogP contribution < -0.4 is 0 Å². The van der Waals surface area contributed by atoms with Gasteiger partial charge in [-0.15, -0.1) is 22.7 Å². The Morgan fingerprint density at radius 1 is 1.22 bits per heavy atom. The van der Waals surface area contributed by atoms with E-state index < -0.39 is 12.2 Å². The van der Waals surface area contributed by atoms with Crippen molar-refractivity contribution in [2.75, 3.05) is 6.61 Å². The van der Waals surface area contributed by atoms with Gasteiger partial charge in [-0.1, -0.05) is 6.07 Å². The molecule has 6 nitrogen and oxygen atoms in total. The topological polar surface area (TPSA) is 80.4 Å². The van der Waals surface area contributed by atoms with Crippen molar-refractivity contribution in [3.8, 4) is 20.3 Å². The molecule has 4 aromatic rings. The Hall–Kier alpha value is -2.10. The quantitative estimate of drug-likeness (QED) is 0.549. The number of rotatable bonds is 4. The van der Waals surface area contributed by atoms with Gasteiger partial charge < -0.3 is 19.5 Å². The van der Waals surface area contributed by atoms with E-state index in [9.17, 15) is 10.2 Å². The summed E-state index contributed by atoms with van der Waals surface area (Å²) in [6.07, 6.45) is 4.48. The number of aromatic nitrogens is 3. The van der Waals surface area contributed by atoms with Crippen LogP contribution in [0.4, 0.5) is 0 Å². The number of thiophene rings is 1. The van der Waals surface area contributed by atoms with Crippen LogP contribution in [0.3, 0.4) is 0 Å². The number of fused-ring (bicyclic) bond motifs is 1. The highest BCUT2D eigenvalue weighted by molar-refractivity contribution is 7.23. The maximum absolute atomic E-state index is 10.0. The first-order valence-electron chi connectivity index (χ1n) is 8.64. The third-order valence-electron chi connectivity index (χ3n) is 4.81. The van der Waals surface area contributed by atoms with Crippen LogP contribution in [-0.4, -0.2) is 43.6 Å². The van der Waals surface area contributed by atoms with E-state index in [1.807, 2.05) is 35.2 Å². The predicted octanol–water partition coefficient (Wildman–Crippen LogP) is 3.53. The van der Waals surface area contributed by atoms with Gasteiger partial charge in [0.05, 0.1) is 17.6 Å². The second-order valence-corrected chi connectivity index (χ2v) is 8.42. The molecule has 3 atom stereocenters. The van der Waals surface area contributed by atoms with E-state index in [-0.39, 0.29) is 12.8 Å². The summed E-state index contributed by atoms with van der Waals surface area (Å²) in [6.45, 7) is -0.194. The smallest absolute Gasteiger partial charge is 0.142 e. The van der Waals surface area contributed by atoms with Gasteiger partial charge in [0, 0.05) is 40.8 Å². The van der Waals surface area contributed by atoms with Gasteiger partial charge in [-0.25, -0.2) is 9.97 Å². The molecular formula is C19H17N3O3S2. The van der Waals surface area contributed by atoms with Crippen molar-refractivity contribution in [1.82, 2.24) is 14.5 Å². The Morgan fingerprint density at radius 3 is 2.93 bits per heavy atom. The molecule has 1 aliphatic heterocycles. The Bertz CT molecular complexity index is 1070. The Labute approximate surface area is 163 Å². The van der Waals surface area contributed by atoms with E-state index in [2.05, 4.69) is 21.4 Å². The first-order valence-corrected chi connectivity index (χ1v) is 10.3. The number of pyridine rings is 1. The number of nitrogens with zero attached hydrogens (tertiary/aromatic N) is 3. The van der Waals surface area contributed by atoms with E-state index in [0.29, 0.717) is 6.42 Å². The molecule has 0 radical (unpaired) electrons. The molecule has 5 rings (SSSR count). The summed E-state index contributed by atoms with van der Waals surface area (Å²) >= 11 is 3.37. The van der Waals surface area contributed by atoms with Crippen LogP contribution in [0.5, 0.6) is 0 Å². The second kappa shape index (κ2) is 6.81. The van der Waals surface area contributed by atoms with Gasteiger partial charge in [0.15, 0.2) is 0 Å². The van der Waals surface area contributed by atoms with E-state index in [0.717, 1.165) is 26.5 Å². The van der Waals surface area contributed by atoms with Crippen LogP contribution in [0.1, 0.15) is 12.6 Å². The summed E-state index contributed by atoms with van der Waals surface area (Å²) in [7, 11) is 0. The van der Waals surface area contributed by atoms with Crippen molar-refractivity contribution in [3.63, 3.8) is 0 Å². The van der Waals surface area contributed by atoms with Gasteiger partial charge in [-0.2, -0.15) is 0 Å². The molecular weight excluding hydrogens is 382 g/mol. The third kappa shape index (κ3) is 2.90. The average molecular weight is 399 g/mol. The number of hydrogen-bond donors (Lipinski definition) is 2. The van der Waals surface area contributed by atoms with Crippen LogP contribution in [0.25, 0.3) is 31.4 Å². The lowest BCUT2D eigenvalue weighted by atomic mass is 10.2. The molecule has 0 bridgehead atoms. The summed E-state index contributed by atoms with van der Waals surface area (Å²) in [5.74, 6) is 0. The lowest BCUT2D eigenvalue weighted by Crippen LogP contribution is -2.24. The standard InChI is InChI=1S/C19H17N3O3S2/c23-10-14-13(24)8-17(25-14)22-6-4-11-12(3-5-20-18(11)22)19-21-9-16(27-19)15-2-1-7-26-15/h1-7,9,13-14,17,23-24H,8,10H2/t13-,14+,17+/m0/s1. The van der Waals surface area contributed by atoms with Gasteiger partial charge in [0.2, 0.25) is 0 Å². The Balaban J connectivity index is 1.53. The maximum atomic E-state index is 10.0. The first kappa shape index (κ1) is 17.0. The fraction of sp³-hybridized carbons (Fsp3) is 0.263. The fourth-order valence-corrected chi connectivity index (χ4v) is 5.23. The minimum Gasteiger partial charge on any atom is -0.394 e. The molecule has 2 N–H and O–H groups in total. The first-order chi connectivity index (χ1) is 13.2. The summed E-state index contributed by atoms with van der Waals surface area (Å²) < 4.78 is 7.71. The van der Waals surface area contributed by atoms with Crippen LogP contribution in [-0.2, 0) is 4.74 Å². The minimum absolute atomic E-state index is 0.194. The average Bonchev–Trinajstić information content (AvgIpc) is 3.45. The second-order valence-electron chi connectivity index (χ2n) is 6.44. The van der Waals surface area contributed by atoms with Crippen molar-refractivity contribution in [2.45, 2.75) is 24.9 Å². The van der Waals surface area contributed by atoms with Gasteiger partial charge in [0.25, 0.3) is 0 Å². The van der Waals surface area contributed by atoms with Crippen molar-refractivity contribution in [3.05, 3.63) is 48.2 Å². The number of hydrogen-bond acceptors (Lipinski definition) is 7. The Morgan fingerprint density at radius 2 is 2.15 bits per heavy atom. The highest BCUT2D eigenvalue weighted by Crippen LogP contribution is 2.38. The summed E-state index contributed by atoms with van der Waals surface area (Å²) in [6, 6.07) is 8.12. The number of ether oxygens (including phenoxy) is 1. The zero-order valence-electron chi connectivity index (χ0n) is 14.2. The number of thiazole rings is 1. The molecule has 0 aliphatic carbocycles. The molecule has 27 heavy (non-hydrogen) atoms. The molecule has 0 unspecified atom stereocenters. The van der Waals surface area contributed by atoms with Gasteiger partial charge in [0.1, 0.15) is 23.0 Å². The summed E-state index contributed by atoms with van der Waals surface area (Å²) in [5.41, 5.74) is 1.82. The summed E-state index contributed by atoms with van der Waals surface area (Å²) in [5, 5.41) is 23.4. The van der Waals surface area contributed by atoms with E-state index in [1.165, 1.54) is 4.88 Å². The minimum atomic E-state index is -0.673. The lowest BCUT2D eigenvalue weighted by Gasteiger charge is -2.14. The molecule has 0 saturated carbocycles. The maximum Gasteiger partial charge on any atom is 0.142 e. The highest BCUT2D eigenvalue weighted by atomic mass is 32.1. The molecule has 1 aliphatic rings. The van der Waals surface area contributed by atoms with Gasteiger partial charge in [-0.05, 0) is 23.6 Å². The monoisotopic (exact) mass is 399 g/mol. The largest absolute Gasteiger partial charge is 0.394 e. The summed E-state index contributed by atoms with van der Waals surface area (Å²) in [4.78, 5) is 11.5. The molecule has 0 aromatic carbocycles. The normalized spacial score (nSPS) is 22.7. The lowest BCUT2D eigenvalue weighted by molar-refractivity contribution is -0.0430. The van der Waals surface area contributed by atoms with E-state index >= 15 is 0 Å². The fourth-order valence-electron chi connectivity index (χ4n) is 3.46. The van der Waals surface area contributed by atoms with Crippen molar-refractivity contribution >= 4 is 33.7 Å². The zero-order chi connectivity index (χ0) is 18.4. The van der Waals surface area contributed by atoms with Crippen molar-refractivity contribution < 1.29 is 14.9 Å². The molecule has 0 amide bonds. The van der Waals surface area contributed by atoms with E-state index in [1.54, 1.807) is 28.9 Å². The Kier molecular flexibility index (Phi) is 4.30. The predicted molar refractivity (Wildman–Crippen MR) is 106 cm³/mol. The number of aliphatic hydroxyl groups is 2. The molecule has 138 valence electrons. The van der Waals surface area contributed by atoms with Crippen molar-refractivity contribution in [1.29, 1.82) is 0 Å². The van der Waals surface area contributed by atoms with Crippen molar-refractivity contribution in [2.24, 2.45) is 0 Å². The van der Waals surface area contributed by atoms with Crippen LogP contribution in [0, 0.1) is 0 Å². The van der Waals surface area contributed by atoms with Crippen LogP contribution in [0.2, 0.25) is 0 Å². The molecule has 8 heteroatoms. The molecule has 1 fully saturated rings. The molecule has 5 heterocycles. The zero-order valence-corrected chi connectivity index (χ0v) is 15.9. The SMILES string of the molecule is OC[C@H]1O[C@@H](n2ccc3c(-c4ncc(-c5cccs5)s4)ccnc32)C[C@@H]1O. The highest BCUT2D eigenvalue weighted by Gasteiger charge is 2.35. The third-order valence-corrected chi connectivity index (χ3v) is 6.91. The van der Waals surface area contributed by atoms with Crippen LogP contribution in [0.15, 0.2) is 48.2 Å². The van der Waals surface area contributed by atoms with E-state index in [4.69, 9.17) is 4.74 Å². The molecule has 0 spiro atoms. The molecule has 1 saturated heterocycles. The van der Waals surface area contributed by atoms with Gasteiger partial charge >= 0.3 is 0 Å². The molecule has 4 aromatic heterocycles. The number of aliphatic hydroxyl groups excluding tert-OH is 2. The van der Waals surface area contributed by atoms with Crippen LogP contribution >= 0.6 is 22.7 Å².